The van der Waals surface area contributed by atoms with Crippen LogP contribution >= 0.6 is 11.3 Å². The standard InChI is InChI=1S/C63H47BN2S/c1-38-33-41(62(3,4)5)34-39(2)58(38)40-31-32-53-56(35-40)65(42-19-8-6-9-20-42)54-29-18-30-55-59(54)64(53)61-60(66(55)43-21-10-7-11-22-43)48-36-47-46-25-14-17-28-51(46)63(52(47)37-57(48)67-61)49-26-15-12-23-44(49)45-24-13-16-27-50(45)63/h6-37H,1-5H3. The minimum atomic E-state index is -0.404. The molecule has 0 fully saturated rings. The maximum atomic E-state index is 2.59. The van der Waals surface area contributed by atoms with Gasteiger partial charge in [0, 0.05) is 43.3 Å². The van der Waals surface area contributed by atoms with Crippen molar-refractivity contribution < 1.29 is 0 Å². The minimum Gasteiger partial charge on any atom is -0.311 e. The van der Waals surface area contributed by atoms with Crippen molar-refractivity contribution in [2.24, 2.45) is 0 Å². The van der Waals surface area contributed by atoms with E-state index in [9.17, 15) is 0 Å². The quantitative estimate of drug-likeness (QED) is 0.163. The van der Waals surface area contributed by atoms with Gasteiger partial charge in [-0.25, -0.2) is 0 Å². The Morgan fingerprint density at radius 3 is 1.61 bits per heavy atom. The predicted octanol–water partition coefficient (Wildman–Crippen LogP) is 14.9. The van der Waals surface area contributed by atoms with Crippen LogP contribution in [0.25, 0.3) is 43.5 Å². The van der Waals surface area contributed by atoms with E-state index in [1.165, 1.54) is 127 Å². The van der Waals surface area contributed by atoms with E-state index in [4.69, 9.17) is 0 Å². The fourth-order valence-corrected chi connectivity index (χ4v) is 14.0. The maximum Gasteiger partial charge on any atom is 0.264 e. The van der Waals surface area contributed by atoms with Crippen LogP contribution in [-0.2, 0) is 10.8 Å². The molecule has 0 amide bonds. The molecule has 2 aliphatic heterocycles. The second kappa shape index (κ2) is 13.8. The second-order valence-corrected chi connectivity index (χ2v) is 21.2. The molecule has 1 spiro atoms. The average Bonchev–Trinajstić information content (AvgIpc) is 3.97. The largest absolute Gasteiger partial charge is 0.311 e. The minimum absolute atomic E-state index is 0.0251. The molecule has 10 aromatic rings. The molecule has 0 N–H and O–H groups in total. The number of fused-ring (bicyclic) bond motifs is 16. The van der Waals surface area contributed by atoms with Crippen LogP contribution in [0.2, 0.25) is 0 Å². The average molecular weight is 875 g/mol. The summed E-state index contributed by atoms with van der Waals surface area (Å²) in [5, 5.41) is 1.30. The molecular formula is C63H47BN2S. The van der Waals surface area contributed by atoms with Crippen molar-refractivity contribution >= 4 is 78.0 Å². The SMILES string of the molecule is Cc1cc(C(C)(C)C)cc(C)c1-c1ccc2c(c1)N(c1ccccc1)c1cccc3c1B2c1sc2cc4c(cc2c1N3c1ccccc1)-c1ccccc1C41c2ccccc2-c2ccccc21. The number of anilines is 6. The van der Waals surface area contributed by atoms with Gasteiger partial charge in [-0.15, -0.1) is 11.3 Å². The number of rotatable bonds is 3. The van der Waals surface area contributed by atoms with Gasteiger partial charge >= 0.3 is 0 Å². The molecule has 2 aliphatic carbocycles. The van der Waals surface area contributed by atoms with Crippen molar-refractivity contribution in [2.45, 2.75) is 45.4 Å². The Bertz CT molecular complexity index is 3660. The highest BCUT2D eigenvalue weighted by Crippen LogP contribution is 2.64. The van der Waals surface area contributed by atoms with Crippen LogP contribution in [0.4, 0.5) is 34.1 Å². The first-order valence-corrected chi connectivity index (χ1v) is 24.5. The van der Waals surface area contributed by atoms with Crippen molar-refractivity contribution in [3.8, 4) is 33.4 Å². The molecule has 2 nitrogen and oxygen atoms in total. The van der Waals surface area contributed by atoms with Crippen molar-refractivity contribution in [1.29, 1.82) is 0 Å². The summed E-state index contributed by atoms with van der Waals surface area (Å²) >= 11 is 2.00. The van der Waals surface area contributed by atoms with Gasteiger partial charge in [0.2, 0.25) is 0 Å². The van der Waals surface area contributed by atoms with E-state index in [1.807, 2.05) is 11.3 Å². The lowest BCUT2D eigenvalue weighted by Crippen LogP contribution is -2.60. The molecule has 4 aliphatic rings. The van der Waals surface area contributed by atoms with Gasteiger partial charge in [-0.1, -0.05) is 160 Å². The van der Waals surface area contributed by atoms with Crippen LogP contribution in [-0.4, -0.2) is 6.71 Å². The summed E-state index contributed by atoms with van der Waals surface area (Å²) in [6.07, 6.45) is 0. The Hall–Kier alpha value is -7.40. The highest BCUT2D eigenvalue weighted by molar-refractivity contribution is 7.33. The number of para-hydroxylation sites is 2. The van der Waals surface area contributed by atoms with Crippen LogP contribution in [0.1, 0.15) is 59.7 Å². The first kappa shape index (κ1) is 38.8. The molecule has 0 unspecified atom stereocenters. The molecule has 4 heteroatoms. The smallest absolute Gasteiger partial charge is 0.264 e. The monoisotopic (exact) mass is 874 g/mol. The molecule has 67 heavy (non-hydrogen) atoms. The molecule has 0 bridgehead atoms. The normalized spacial score (nSPS) is 14.4. The van der Waals surface area contributed by atoms with E-state index in [0.29, 0.717) is 0 Å². The van der Waals surface area contributed by atoms with Crippen LogP contribution < -0.4 is 25.5 Å². The molecule has 318 valence electrons. The number of benzene rings is 9. The second-order valence-electron chi connectivity index (χ2n) is 20.1. The molecule has 14 rings (SSSR count). The summed E-state index contributed by atoms with van der Waals surface area (Å²) < 4.78 is 2.71. The topological polar surface area (TPSA) is 6.48 Å². The molecule has 0 saturated heterocycles. The summed E-state index contributed by atoms with van der Waals surface area (Å²) in [4.78, 5) is 5.12. The van der Waals surface area contributed by atoms with Gasteiger partial charge in [0.1, 0.15) is 0 Å². The van der Waals surface area contributed by atoms with Crippen LogP contribution in [0.5, 0.6) is 0 Å². The molecule has 0 radical (unpaired) electrons. The van der Waals surface area contributed by atoms with Gasteiger partial charge in [-0.05, 0) is 157 Å². The van der Waals surface area contributed by atoms with E-state index in [1.54, 1.807) is 0 Å². The highest BCUT2D eigenvalue weighted by atomic mass is 32.1. The van der Waals surface area contributed by atoms with E-state index < -0.39 is 5.41 Å². The van der Waals surface area contributed by atoms with Gasteiger partial charge in [-0.3, -0.25) is 0 Å². The van der Waals surface area contributed by atoms with E-state index in [-0.39, 0.29) is 12.1 Å². The fourth-order valence-electron chi connectivity index (χ4n) is 12.7. The summed E-state index contributed by atoms with van der Waals surface area (Å²) in [5.41, 5.74) is 27.1. The predicted molar refractivity (Wildman–Crippen MR) is 286 cm³/mol. The third-order valence-corrected chi connectivity index (χ3v) is 16.6. The van der Waals surface area contributed by atoms with Crippen LogP contribution in [0.15, 0.2) is 194 Å². The van der Waals surface area contributed by atoms with Gasteiger partial charge in [0.25, 0.3) is 6.71 Å². The Kier molecular flexibility index (Phi) is 8.01. The van der Waals surface area contributed by atoms with Gasteiger partial charge in [-0.2, -0.15) is 0 Å². The van der Waals surface area contributed by atoms with E-state index in [0.717, 1.165) is 5.69 Å². The zero-order valence-electron chi connectivity index (χ0n) is 38.4. The van der Waals surface area contributed by atoms with Crippen molar-refractivity contribution in [2.75, 3.05) is 9.80 Å². The molecule has 0 atom stereocenters. The number of nitrogens with zero attached hydrogens (tertiary/aromatic N) is 2. The lowest BCUT2D eigenvalue weighted by molar-refractivity contribution is 0.589. The zero-order valence-corrected chi connectivity index (χ0v) is 39.2. The number of hydrogen-bond donors (Lipinski definition) is 0. The van der Waals surface area contributed by atoms with Crippen LogP contribution in [0.3, 0.4) is 0 Å². The number of hydrogen-bond acceptors (Lipinski definition) is 3. The lowest BCUT2D eigenvalue weighted by atomic mass is 9.36. The Labute approximate surface area is 397 Å². The van der Waals surface area contributed by atoms with Crippen molar-refractivity contribution in [1.82, 2.24) is 0 Å². The van der Waals surface area contributed by atoms with Gasteiger partial charge in [0.05, 0.1) is 11.1 Å². The summed E-state index contributed by atoms with van der Waals surface area (Å²) in [6.45, 7) is 11.5. The third-order valence-electron chi connectivity index (χ3n) is 15.4. The summed E-state index contributed by atoms with van der Waals surface area (Å²) in [6, 6.07) is 73.9. The zero-order chi connectivity index (χ0) is 44.9. The Morgan fingerprint density at radius 2 is 1.01 bits per heavy atom. The Balaban J connectivity index is 1.06. The van der Waals surface area contributed by atoms with Gasteiger partial charge < -0.3 is 9.80 Å². The van der Waals surface area contributed by atoms with E-state index in [2.05, 4.69) is 239 Å². The summed E-state index contributed by atoms with van der Waals surface area (Å²) in [5.74, 6) is 0. The first-order chi connectivity index (χ1) is 32.7. The van der Waals surface area contributed by atoms with Crippen molar-refractivity contribution in [3.63, 3.8) is 0 Å². The fraction of sp³-hybridized carbons (Fsp3) is 0.111. The Morgan fingerprint density at radius 1 is 0.478 bits per heavy atom. The van der Waals surface area contributed by atoms with E-state index >= 15 is 0 Å². The number of thiophene rings is 1. The molecule has 3 heterocycles. The molecular weight excluding hydrogens is 828 g/mol. The molecule has 9 aromatic carbocycles. The molecule has 1 aromatic heterocycles. The summed E-state index contributed by atoms with van der Waals surface area (Å²) in [7, 11) is 0. The van der Waals surface area contributed by atoms with Crippen LogP contribution in [0, 0.1) is 13.8 Å². The van der Waals surface area contributed by atoms with Crippen molar-refractivity contribution in [3.05, 3.63) is 233 Å². The first-order valence-electron chi connectivity index (χ1n) is 23.7. The lowest BCUT2D eigenvalue weighted by Gasteiger charge is -2.43. The highest BCUT2D eigenvalue weighted by Gasteiger charge is 2.52. The molecule has 0 saturated carbocycles. The third kappa shape index (κ3) is 5.17. The number of aryl methyl sites for hydroxylation is 2. The maximum absolute atomic E-state index is 2.59. The van der Waals surface area contributed by atoms with Gasteiger partial charge in [0.15, 0.2) is 0 Å².